The van der Waals surface area contributed by atoms with Crippen LogP contribution in [0.3, 0.4) is 0 Å². The topological polar surface area (TPSA) is 113 Å². The zero-order valence-corrected chi connectivity index (χ0v) is 19.9. The molecule has 1 atom stereocenters. The number of para-hydroxylation sites is 1. The first-order valence-corrected chi connectivity index (χ1v) is 11.7. The molecule has 0 aliphatic carbocycles. The first-order chi connectivity index (χ1) is 17.6. The predicted octanol–water partition coefficient (Wildman–Crippen LogP) is 4.34. The maximum atomic E-state index is 11.7. The summed E-state index contributed by atoms with van der Waals surface area (Å²) in [4.78, 5) is 25.6. The number of methoxy groups -OCH3 is 1. The standard InChI is InChI=1S/C27H27N7O2/c1-3-24(35)31-19-8-4-6-17(14-19)21-9-5-7-18-15-29-27(34-25(18)21)32-22-10-11-23(33-26(22)36-2)30-20-12-13-28-16-20/h3-11,14-15,20,28H,1,12-13,16H2,2H3,(H,30,33)(H,31,35)(H,29,32,34)/t20-/m1/s1. The lowest BCUT2D eigenvalue weighted by Gasteiger charge is -2.15. The van der Waals surface area contributed by atoms with Gasteiger partial charge < -0.3 is 26.0 Å². The second-order valence-corrected chi connectivity index (χ2v) is 8.42. The number of rotatable bonds is 8. The van der Waals surface area contributed by atoms with Crippen molar-refractivity contribution in [2.24, 2.45) is 0 Å². The lowest BCUT2D eigenvalue weighted by atomic mass is 10.0. The summed E-state index contributed by atoms with van der Waals surface area (Å²) in [6.07, 6.45) is 4.08. The zero-order valence-electron chi connectivity index (χ0n) is 19.9. The van der Waals surface area contributed by atoms with E-state index in [4.69, 9.17) is 9.72 Å². The van der Waals surface area contributed by atoms with E-state index >= 15 is 0 Å². The molecule has 1 aliphatic heterocycles. The highest BCUT2D eigenvalue weighted by Gasteiger charge is 2.16. The summed E-state index contributed by atoms with van der Waals surface area (Å²) < 4.78 is 5.53. The van der Waals surface area contributed by atoms with Gasteiger partial charge in [-0.15, -0.1) is 0 Å². The molecule has 1 amide bonds. The van der Waals surface area contributed by atoms with Gasteiger partial charge in [0.1, 0.15) is 11.5 Å². The van der Waals surface area contributed by atoms with Crippen LogP contribution in [0.25, 0.3) is 22.0 Å². The summed E-state index contributed by atoms with van der Waals surface area (Å²) in [6.45, 7) is 5.43. The van der Waals surface area contributed by atoms with Crippen molar-refractivity contribution in [1.82, 2.24) is 20.3 Å². The third kappa shape index (κ3) is 5.11. The van der Waals surface area contributed by atoms with Crippen molar-refractivity contribution in [1.29, 1.82) is 0 Å². The van der Waals surface area contributed by atoms with Crippen LogP contribution in [0.15, 0.2) is 73.4 Å². The Labute approximate surface area is 209 Å². The first-order valence-electron chi connectivity index (χ1n) is 11.7. The fraction of sp³-hybridized carbons (Fsp3) is 0.185. The normalized spacial score (nSPS) is 14.9. The molecule has 2 aromatic carbocycles. The molecule has 0 radical (unpaired) electrons. The summed E-state index contributed by atoms with van der Waals surface area (Å²) in [7, 11) is 1.59. The Bertz CT molecular complexity index is 1420. The Kier molecular flexibility index (Phi) is 6.72. The van der Waals surface area contributed by atoms with E-state index in [0.717, 1.165) is 47.4 Å². The van der Waals surface area contributed by atoms with Gasteiger partial charge in [-0.2, -0.15) is 4.98 Å². The summed E-state index contributed by atoms with van der Waals surface area (Å²) in [5.41, 5.74) is 3.96. The molecule has 0 spiro atoms. The molecule has 182 valence electrons. The molecular weight excluding hydrogens is 454 g/mol. The molecule has 1 aliphatic rings. The average Bonchev–Trinajstić information content (AvgIpc) is 3.42. The fourth-order valence-electron chi connectivity index (χ4n) is 4.19. The molecule has 9 heteroatoms. The van der Waals surface area contributed by atoms with Crippen LogP contribution in [0.2, 0.25) is 0 Å². The van der Waals surface area contributed by atoms with Crippen molar-refractivity contribution < 1.29 is 9.53 Å². The number of nitrogens with zero attached hydrogens (tertiary/aromatic N) is 3. The molecule has 9 nitrogen and oxygen atoms in total. The number of pyridine rings is 1. The lowest BCUT2D eigenvalue weighted by molar-refractivity contribution is -0.111. The van der Waals surface area contributed by atoms with Crippen LogP contribution in [0, 0.1) is 0 Å². The van der Waals surface area contributed by atoms with Crippen LogP contribution in [0.5, 0.6) is 5.88 Å². The van der Waals surface area contributed by atoms with Gasteiger partial charge in [0.2, 0.25) is 17.7 Å². The second-order valence-electron chi connectivity index (χ2n) is 8.42. The van der Waals surface area contributed by atoms with E-state index in [0.29, 0.717) is 29.2 Å². The molecule has 1 fully saturated rings. The SMILES string of the molecule is C=CC(=O)Nc1cccc(-c2cccc3cnc(Nc4ccc(N[C@@H]5CCNC5)nc4OC)nc23)c1. The van der Waals surface area contributed by atoms with Crippen LogP contribution in [-0.2, 0) is 4.79 Å². The third-order valence-electron chi connectivity index (χ3n) is 5.95. The van der Waals surface area contributed by atoms with E-state index in [-0.39, 0.29) is 5.91 Å². The third-order valence-corrected chi connectivity index (χ3v) is 5.95. The Balaban J connectivity index is 1.44. The highest BCUT2D eigenvalue weighted by atomic mass is 16.5. The molecule has 1 saturated heterocycles. The van der Waals surface area contributed by atoms with Crippen molar-refractivity contribution >= 4 is 40.0 Å². The van der Waals surface area contributed by atoms with E-state index in [9.17, 15) is 4.79 Å². The van der Waals surface area contributed by atoms with Crippen LogP contribution in [0.4, 0.5) is 23.1 Å². The largest absolute Gasteiger partial charge is 0.479 e. The number of fused-ring (bicyclic) bond motifs is 1. The summed E-state index contributed by atoms with van der Waals surface area (Å²) in [6, 6.07) is 17.7. The Morgan fingerprint density at radius 2 is 2.06 bits per heavy atom. The van der Waals surface area contributed by atoms with E-state index in [2.05, 4.69) is 37.8 Å². The molecule has 2 aromatic heterocycles. The van der Waals surface area contributed by atoms with Crippen LogP contribution >= 0.6 is 0 Å². The van der Waals surface area contributed by atoms with Crippen molar-refractivity contribution in [3.05, 3.63) is 73.4 Å². The molecule has 36 heavy (non-hydrogen) atoms. The van der Waals surface area contributed by atoms with Crippen LogP contribution in [-0.4, -0.2) is 47.1 Å². The van der Waals surface area contributed by atoms with Crippen LogP contribution < -0.4 is 26.0 Å². The molecule has 0 bridgehead atoms. The fourth-order valence-corrected chi connectivity index (χ4v) is 4.19. The van der Waals surface area contributed by atoms with Gasteiger partial charge in [-0.25, -0.2) is 9.97 Å². The molecule has 4 N–H and O–H groups in total. The van der Waals surface area contributed by atoms with E-state index in [1.165, 1.54) is 6.08 Å². The van der Waals surface area contributed by atoms with Gasteiger partial charge in [-0.3, -0.25) is 4.79 Å². The highest BCUT2D eigenvalue weighted by molar-refractivity contribution is 6.00. The number of hydrogen-bond acceptors (Lipinski definition) is 8. The number of ether oxygens (including phenoxy) is 1. The monoisotopic (exact) mass is 481 g/mol. The quantitative estimate of drug-likeness (QED) is 0.275. The van der Waals surface area contributed by atoms with Gasteiger partial charge in [-0.1, -0.05) is 36.9 Å². The van der Waals surface area contributed by atoms with Crippen molar-refractivity contribution in [3.8, 4) is 17.0 Å². The molecule has 5 rings (SSSR count). The van der Waals surface area contributed by atoms with E-state index in [1.54, 1.807) is 13.3 Å². The van der Waals surface area contributed by atoms with Gasteiger partial charge in [0.25, 0.3) is 0 Å². The predicted molar refractivity (Wildman–Crippen MR) is 143 cm³/mol. The molecule has 0 saturated carbocycles. The highest BCUT2D eigenvalue weighted by Crippen LogP contribution is 2.31. The number of anilines is 4. The minimum absolute atomic E-state index is 0.262. The number of amides is 1. The van der Waals surface area contributed by atoms with Gasteiger partial charge in [0.15, 0.2) is 0 Å². The van der Waals surface area contributed by atoms with Gasteiger partial charge in [0.05, 0.1) is 12.6 Å². The Morgan fingerprint density at radius 1 is 1.17 bits per heavy atom. The zero-order chi connectivity index (χ0) is 24.9. The van der Waals surface area contributed by atoms with E-state index in [1.807, 2.05) is 54.6 Å². The molecule has 0 unspecified atom stereocenters. The summed E-state index contributed by atoms with van der Waals surface area (Å²) in [5.74, 6) is 1.37. The number of carbonyl (C=O) groups excluding carboxylic acids is 1. The Hall–Kier alpha value is -4.50. The summed E-state index contributed by atoms with van der Waals surface area (Å²) in [5, 5.41) is 13.7. The van der Waals surface area contributed by atoms with Gasteiger partial charge in [-0.05, 0) is 48.9 Å². The molecule has 3 heterocycles. The smallest absolute Gasteiger partial charge is 0.247 e. The first kappa shape index (κ1) is 23.3. The second kappa shape index (κ2) is 10.4. The minimum atomic E-state index is -0.262. The Morgan fingerprint density at radius 3 is 2.86 bits per heavy atom. The van der Waals surface area contributed by atoms with E-state index < -0.39 is 0 Å². The number of aromatic nitrogens is 3. The molecular formula is C27H27N7O2. The summed E-state index contributed by atoms with van der Waals surface area (Å²) >= 11 is 0. The van der Waals surface area contributed by atoms with Gasteiger partial charge in [0, 0.05) is 35.4 Å². The van der Waals surface area contributed by atoms with Crippen molar-refractivity contribution in [2.75, 3.05) is 36.1 Å². The number of nitrogens with one attached hydrogen (secondary N) is 4. The van der Waals surface area contributed by atoms with Crippen LogP contribution in [0.1, 0.15) is 6.42 Å². The van der Waals surface area contributed by atoms with Gasteiger partial charge >= 0.3 is 0 Å². The number of hydrogen-bond donors (Lipinski definition) is 4. The van der Waals surface area contributed by atoms with Crippen molar-refractivity contribution in [2.45, 2.75) is 12.5 Å². The minimum Gasteiger partial charge on any atom is -0.479 e. The van der Waals surface area contributed by atoms with Crippen molar-refractivity contribution in [3.63, 3.8) is 0 Å². The maximum Gasteiger partial charge on any atom is 0.247 e. The lowest BCUT2D eigenvalue weighted by Crippen LogP contribution is -2.22. The maximum absolute atomic E-state index is 11.7. The number of benzene rings is 2. The molecule has 4 aromatic rings. The average molecular weight is 482 g/mol. The number of carbonyl (C=O) groups is 1.